The molecule has 30 heavy (non-hydrogen) atoms. The van der Waals surface area contributed by atoms with E-state index in [1.54, 1.807) is 12.3 Å². The number of nitrogens with zero attached hydrogens (tertiary/aromatic N) is 3. The number of rotatable bonds is 4. The van der Waals surface area contributed by atoms with Crippen molar-refractivity contribution < 1.29 is 9.21 Å². The number of aryl methyl sites for hydroxylation is 2. The van der Waals surface area contributed by atoms with Crippen molar-refractivity contribution in [3.8, 4) is 5.82 Å². The minimum absolute atomic E-state index is 0.190. The number of hydrogen-bond acceptors (Lipinski definition) is 4. The first-order chi connectivity index (χ1) is 14.3. The highest BCUT2D eigenvalue weighted by Crippen LogP contribution is 2.31. The smallest absolute Gasteiger partial charge is 0.307 e. The summed E-state index contributed by atoms with van der Waals surface area (Å²) in [5.41, 5.74) is 7.16. The summed E-state index contributed by atoms with van der Waals surface area (Å²) in [4.78, 5) is 16.9. The van der Waals surface area contributed by atoms with E-state index in [0.29, 0.717) is 5.58 Å². The molecule has 0 spiro atoms. The summed E-state index contributed by atoms with van der Waals surface area (Å²) >= 11 is 6.87. The Morgan fingerprint density at radius 2 is 1.97 bits per heavy atom. The van der Waals surface area contributed by atoms with Gasteiger partial charge in [0.2, 0.25) is 0 Å². The summed E-state index contributed by atoms with van der Waals surface area (Å²) in [5, 5.41) is 4.93. The molecule has 6 nitrogen and oxygen atoms in total. The van der Waals surface area contributed by atoms with Crippen molar-refractivity contribution >= 4 is 55.0 Å². The Bertz CT molecular complexity index is 1290. The number of halogens is 2. The summed E-state index contributed by atoms with van der Waals surface area (Å²) in [6, 6.07) is 11.4. The lowest BCUT2D eigenvalue weighted by Gasteiger charge is -2.08. The van der Waals surface area contributed by atoms with Crippen molar-refractivity contribution in [2.75, 3.05) is 0 Å². The molecule has 0 radical (unpaired) electrons. The zero-order valence-electron chi connectivity index (χ0n) is 16.5. The van der Waals surface area contributed by atoms with Crippen LogP contribution in [-0.2, 0) is 0 Å². The fourth-order valence-electron chi connectivity index (χ4n) is 3.27. The molecule has 4 rings (SSSR count). The lowest BCUT2D eigenvalue weighted by Crippen LogP contribution is -2.16. The SMILES string of the molecule is Cc1ccc(-n2c(C)cc(/C=N\NC(=O)c3cc4cc(Br)cc(Br)c4o3)c2C)nc1. The molecule has 0 aliphatic heterocycles. The Balaban J connectivity index is 1.53. The molecule has 0 aliphatic rings. The largest absolute Gasteiger partial charge is 0.450 e. The van der Waals surface area contributed by atoms with Crippen LogP contribution in [0.5, 0.6) is 0 Å². The monoisotopic (exact) mass is 528 g/mol. The third-order valence-electron chi connectivity index (χ3n) is 4.72. The molecule has 0 unspecified atom stereocenters. The van der Waals surface area contributed by atoms with Crippen molar-refractivity contribution in [1.82, 2.24) is 15.0 Å². The molecule has 152 valence electrons. The summed E-state index contributed by atoms with van der Waals surface area (Å²) in [6.07, 6.45) is 3.46. The van der Waals surface area contributed by atoms with E-state index in [-0.39, 0.29) is 5.76 Å². The third kappa shape index (κ3) is 3.97. The summed E-state index contributed by atoms with van der Waals surface area (Å²) < 4.78 is 9.38. The second kappa shape index (κ2) is 8.20. The van der Waals surface area contributed by atoms with Gasteiger partial charge in [-0.2, -0.15) is 5.10 Å². The van der Waals surface area contributed by atoms with Crippen LogP contribution in [0, 0.1) is 20.8 Å². The number of amides is 1. The van der Waals surface area contributed by atoms with E-state index in [9.17, 15) is 4.79 Å². The Morgan fingerprint density at radius 3 is 2.70 bits per heavy atom. The van der Waals surface area contributed by atoms with E-state index >= 15 is 0 Å². The van der Waals surface area contributed by atoms with Crippen molar-refractivity contribution in [2.24, 2.45) is 5.10 Å². The van der Waals surface area contributed by atoms with Crippen LogP contribution >= 0.6 is 31.9 Å². The van der Waals surface area contributed by atoms with Gasteiger partial charge in [0.1, 0.15) is 11.4 Å². The molecule has 1 amide bonds. The van der Waals surface area contributed by atoms with E-state index in [4.69, 9.17) is 4.42 Å². The van der Waals surface area contributed by atoms with Crippen LogP contribution in [0.15, 0.2) is 61.1 Å². The maximum Gasteiger partial charge on any atom is 0.307 e. The Morgan fingerprint density at radius 1 is 1.17 bits per heavy atom. The van der Waals surface area contributed by atoms with Crippen molar-refractivity contribution in [2.45, 2.75) is 20.8 Å². The number of pyridine rings is 1. The van der Waals surface area contributed by atoms with Gasteiger partial charge >= 0.3 is 5.91 Å². The van der Waals surface area contributed by atoms with Crippen molar-refractivity contribution in [3.63, 3.8) is 0 Å². The molecule has 0 bridgehead atoms. The molecule has 3 heterocycles. The number of hydrogen-bond donors (Lipinski definition) is 1. The highest BCUT2D eigenvalue weighted by Gasteiger charge is 2.15. The highest BCUT2D eigenvalue weighted by molar-refractivity contribution is 9.11. The average Bonchev–Trinajstić information content (AvgIpc) is 3.24. The van der Waals surface area contributed by atoms with Gasteiger partial charge in [-0.25, -0.2) is 10.4 Å². The minimum Gasteiger partial charge on any atom is -0.450 e. The molecule has 3 aromatic heterocycles. The average molecular weight is 530 g/mol. The molecule has 0 fully saturated rings. The van der Waals surface area contributed by atoms with Crippen molar-refractivity contribution in [1.29, 1.82) is 0 Å². The van der Waals surface area contributed by atoms with Crippen LogP contribution in [-0.4, -0.2) is 21.7 Å². The number of furan rings is 1. The maximum absolute atomic E-state index is 12.5. The topological polar surface area (TPSA) is 72.4 Å². The predicted molar refractivity (Wildman–Crippen MR) is 124 cm³/mol. The van der Waals surface area contributed by atoms with Gasteiger partial charge in [-0.1, -0.05) is 22.0 Å². The third-order valence-corrected chi connectivity index (χ3v) is 5.77. The molecule has 8 heteroatoms. The first-order valence-electron chi connectivity index (χ1n) is 9.17. The molecule has 0 atom stereocenters. The second-order valence-electron chi connectivity index (χ2n) is 6.97. The number of benzene rings is 1. The Hall–Kier alpha value is -2.71. The molecule has 0 saturated heterocycles. The predicted octanol–water partition coefficient (Wildman–Crippen LogP) is 5.83. The number of hydrazone groups is 1. The molecule has 0 aliphatic carbocycles. The number of aromatic nitrogens is 2. The van der Waals surface area contributed by atoms with Crippen LogP contribution in [0.1, 0.15) is 33.1 Å². The normalized spacial score (nSPS) is 11.5. The fraction of sp³-hybridized carbons (Fsp3) is 0.136. The molecular formula is C22H18Br2N4O2. The minimum atomic E-state index is -0.417. The van der Waals surface area contributed by atoms with Crippen LogP contribution in [0.3, 0.4) is 0 Å². The number of nitrogens with one attached hydrogen (secondary N) is 1. The zero-order chi connectivity index (χ0) is 21.4. The fourth-order valence-corrected chi connectivity index (χ4v) is 4.61. The number of carbonyl (C=O) groups is 1. The van der Waals surface area contributed by atoms with Gasteiger partial charge in [0.15, 0.2) is 5.76 Å². The van der Waals surface area contributed by atoms with Crippen LogP contribution in [0.4, 0.5) is 0 Å². The Labute approximate surface area is 190 Å². The van der Waals surface area contributed by atoms with E-state index in [0.717, 1.165) is 42.7 Å². The molecule has 0 saturated carbocycles. The van der Waals surface area contributed by atoms with Gasteiger partial charge < -0.3 is 8.98 Å². The molecule has 4 aromatic rings. The second-order valence-corrected chi connectivity index (χ2v) is 8.74. The highest BCUT2D eigenvalue weighted by atomic mass is 79.9. The number of carbonyl (C=O) groups excluding carboxylic acids is 1. The van der Waals surface area contributed by atoms with Crippen LogP contribution in [0.2, 0.25) is 0 Å². The summed E-state index contributed by atoms with van der Waals surface area (Å²) in [6.45, 7) is 6.01. The summed E-state index contributed by atoms with van der Waals surface area (Å²) in [5.74, 6) is 0.619. The van der Waals surface area contributed by atoms with E-state index in [1.165, 1.54) is 0 Å². The molecule has 1 N–H and O–H groups in total. The molecular weight excluding hydrogens is 512 g/mol. The standard InChI is InChI=1S/C22H18Br2N4O2/c1-12-4-5-20(25-10-12)28-13(2)6-16(14(28)3)11-26-27-22(29)19-8-15-7-17(23)9-18(24)21(15)30-19/h4-11H,1-3H3,(H,27,29)/b26-11-. The summed E-state index contributed by atoms with van der Waals surface area (Å²) in [7, 11) is 0. The van der Waals surface area contributed by atoms with Gasteiger partial charge in [0.05, 0.1) is 10.7 Å². The zero-order valence-corrected chi connectivity index (χ0v) is 19.7. The van der Waals surface area contributed by atoms with Gasteiger partial charge in [0, 0.05) is 33.0 Å². The maximum atomic E-state index is 12.5. The van der Waals surface area contributed by atoms with Crippen LogP contribution < -0.4 is 5.43 Å². The van der Waals surface area contributed by atoms with E-state index in [1.807, 2.05) is 57.3 Å². The van der Waals surface area contributed by atoms with E-state index in [2.05, 4.69) is 51.9 Å². The first-order valence-corrected chi connectivity index (χ1v) is 10.8. The van der Waals surface area contributed by atoms with Gasteiger partial charge in [-0.05, 0) is 72.6 Å². The van der Waals surface area contributed by atoms with Gasteiger partial charge in [-0.3, -0.25) is 4.79 Å². The van der Waals surface area contributed by atoms with Crippen molar-refractivity contribution in [3.05, 3.63) is 79.8 Å². The lowest BCUT2D eigenvalue weighted by atomic mass is 10.2. The van der Waals surface area contributed by atoms with E-state index < -0.39 is 5.91 Å². The molecule has 1 aromatic carbocycles. The van der Waals surface area contributed by atoms with Gasteiger partial charge in [0.25, 0.3) is 0 Å². The first kappa shape index (κ1) is 20.6. The number of fused-ring (bicyclic) bond motifs is 1. The van der Waals surface area contributed by atoms with Crippen LogP contribution in [0.25, 0.3) is 16.8 Å². The Kier molecular flexibility index (Phi) is 5.62. The quantitative estimate of drug-likeness (QED) is 0.267. The van der Waals surface area contributed by atoms with Gasteiger partial charge in [-0.15, -0.1) is 0 Å². The lowest BCUT2D eigenvalue weighted by molar-refractivity contribution is 0.0929.